The van der Waals surface area contributed by atoms with E-state index in [-0.39, 0.29) is 25.8 Å². The molecule has 4 aliphatic carbocycles. The molecule has 5 heterocycles. The monoisotopic (exact) mass is 732 g/mol. The van der Waals surface area contributed by atoms with E-state index in [0.717, 1.165) is 47.3 Å². The fourth-order valence-electron chi connectivity index (χ4n) is 12.0. The van der Waals surface area contributed by atoms with Gasteiger partial charge in [0.1, 0.15) is 0 Å². The maximum Gasteiger partial charge on any atom is 0.0628 e. The average molecular weight is 731 g/mol. The van der Waals surface area contributed by atoms with Gasteiger partial charge in [0.25, 0.3) is 0 Å². The normalized spacial score (nSPS) is 56.2. The fourth-order valence-corrected chi connectivity index (χ4v) is 12.0. The Hall–Kier alpha value is 0.550. The summed E-state index contributed by atoms with van der Waals surface area (Å²) in [6, 6.07) is 0. The Morgan fingerprint density at radius 1 is 0.220 bits per heavy atom. The Morgan fingerprint density at radius 2 is 0.341 bits per heavy atom. The minimum absolute atomic E-state index is 0. The molecule has 5 saturated heterocycles. The third kappa shape index (κ3) is 5.11. The Morgan fingerprint density at radius 3 is 0.463 bits per heavy atom. The molecule has 5 aliphatic heterocycles. The van der Waals surface area contributed by atoms with Gasteiger partial charge in [0, 0.05) is 25.8 Å². The van der Waals surface area contributed by atoms with Crippen LogP contribution in [0, 0.1) is 47.3 Å². The second-order valence-electron chi connectivity index (χ2n) is 15.6. The van der Waals surface area contributed by atoms with E-state index in [1.165, 1.54) is 103 Å². The molecule has 9 heteroatoms. The third-order valence-corrected chi connectivity index (χ3v) is 13.8. The number of nitrogens with one attached hydrogen (secondary N) is 8. The Kier molecular flexibility index (Phi) is 8.52. The molecule has 0 aromatic heterocycles. The minimum atomic E-state index is 0. The van der Waals surface area contributed by atoms with E-state index in [1.54, 1.807) is 0 Å². The zero-order valence-corrected chi connectivity index (χ0v) is 28.6. The van der Waals surface area contributed by atoms with Crippen LogP contribution in [0.2, 0.25) is 0 Å². The van der Waals surface area contributed by atoms with Crippen molar-refractivity contribution in [2.24, 2.45) is 47.3 Å². The first-order valence-corrected chi connectivity index (χ1v) is 17.9. The van der Waals surface area contributed by atoms with Gasteiger partial charge >= 0.3 is 0 Å². The van der Waals surface area contributed by atoms with Crippen molar-refractivity contribution < 1.29 is 25.8 Å². The molecule has 8 N–H and O–H groups in total. The maximum absolute atomic E-state index is 4.26. The minimum Gasteiger partial charge on any atom is -0.286 e. The van der Waals surface area contributed by atoms with E-state index in [4.69, 9.17) is 0 Å². The number of hydrogen-bond donors (Lipinski definition) is 8. The SMILES string of the molecule is C1CCC2C3NC(NC4NC(NC5NC(NC6NC(N3)C3CCCCC63)C3CCCCC53)C3CCCCC43)C2C1.[Hf]. The van der Waals surface area contributed by atoms with Gasteiger partial charge in [0.2, 0.25) is 0 Å². The van der Waals surface area contributed by atoms with Crippen LogP contribution in [0.3, 0.4) is 0 Å². The Bertz CT molecular complexity index is 716. The van der Waals surface area contributed by atoms with Gasteiger partial charge in [-0.3, -0.25) is 42.5 Å². The molecule has 41 heavy (non-hydrogen) atoms. The van der Waals surface area contributed by atoms with Crippen LogP contribution in [-0.2, 0) is 25.8 Å². The molecule has 228 valence electrons. The van der Waals surface area contributed by atoms with Gasteiger partial charge in [-0.25, -0.2) is 0 Å². The summed E-state index contributed by atoms with van der Waals surface area (Å²) < 4.78 is 0. The predicted molar refractivity (Wildman–Crippen MR) is 157 cm³/mol. The smallest absolute Gasteiger partial charge is 0.0628 e. The summed E-state index contributed by atoms with van der Waals surface area (Å²) in [7, 11) is 0. The summed E-state index contributed by atoms with van der Waals surface area (Å²) >= 11 is 0. The molecule has 0 spiro atoms. The number of rotatable bonds is 0. The Labute approximate surface area is 266 Å². The van der Waals surface area contributed by atoms with Gasteiger partial charge in [0.05, 0.1) is 49.3 Å². The summed E-state index contributed by atoms with van der Waals surface area (Å²) in [5.41, 5.74) is 0. The van der Waals surface area contributed by atoms with Gasteiger partial charge in [0.15, 0.2) is 0 Å². The van der Waals surface area contributed by atoms with Gasteiger partial charge in [-0.05, 0) is 98.7 Å². The van der Waals surface area contributed by atoms with Gasteiger partial charge in [-0.1, -0.05) is 51.4 Å². The molecule has 0 aromatic rings. The summed E-state index contributed by atoms with van der Waals surface area (Å²) in [5.74, 6) is 5.97. The zero-order valence-electron chi connectivity index (χ0n) is 25.1. The van der Waals surface area contributed by atoms with Crippen molar-refractivity contribution >= 4 is 0 Å². The summed E-state index contributed by atoms with van der Waals surface area (Å²) in [6.07, 6.45) is 25.6. The molecule has 8 bridgehead atoms. The van der Waals surface area contributed by atoms with Crippen LogP contribution in [-0.4, -0.2) is 49.3 Å². The molecule has 9 aliphatic rings. The molecule has 8 atom stereocenters. The van der Waals surface area contributed by atoms with Crippen molar-refractivity contribution in [3.8, 4) is 0 Å². The largest absolute Gasteiger partial charge is 0.286 e. The number of fused-ring (bicyclic) bond motifs is 20. The average Bonchev–Trinajstić information content (AvgIpc) is 3.73. The van der Waals surface area contributed by atoms with Crippen molar-refractivity contribution in [1.82, 2.24) is 42.5 Å². The van der Waals surface area contributed by atoms with Crippen molar-refractivity contribution in [3.63, 3.8) is 0 Å². The summed E-state index contributed by atoms with van der Waals surface area (Å²) in [6.45, 7) is 0. The van der Waals surface area contributed by atoms with Crippen LogP contribution in [0.25, 0.3) is 0 Å². The molecule has 4 saturated carbocycles. The number of hydrogen-bond acceptors (Lipinski definition) is 8. The standard InChI is InChI=1S/C32H56N8.Hf/c1-2-10-18-17(9-1)25-33-26(18)38-28-21-13-5-6-14-22(21)30(35-28)40-32-24-16-8-7-15-23(24)31(36-32)39-29-20-12-4-3-11-19(20)27(34-29)37-25;/h17-40H,1-16H2;. The van der Waals surface area contributed by atoms with E-state index in [2.05, 4.69) is 42.5 Å². The van der Waals surface area contributed by atoms with E-state index in [9.17, 15) is 0 Å². The first-order chi connectivity index (χ1) is 19.8. The first kappa shape index (κ1) is 29.0. The van der Waals surface area contributed by atoms with E-state index < -0.39 is 0 Å². The molecular formula is C32H56HfN8. The molecule has 0 radical (unpaired) electrons. The zero-order chi connectivity index (χ0) is 26.2. The molecule has 0 amide bonds. The second kappa shape index (κ2) is 12.1. The molecule has 0 aromatic carbocycles. The van der Waals surface area contributed by atoms with Crippen LogP contribution in [0.4, 0.5) is 0 Å². The van der Waals surface area contributed by atoms with Crippen LogP contribution >= 0.6 is 0 Å². The maximum atomic E-state index is 4.26. The molecular weight excluding hydrogens is 675 g/mol. The quantitative estimate of drug-likeness (QED) is 0.181. The second-order valence-corrected chi connectivity index (χ2v) is 15.6. The first-order valence-electron chi connectivity index (χ1n) is 17.9. The van der Waals surface area contributed by atoms with Crippen LogP contribution in [0.15, 0.2) is 0 Å². The van der Waals surface area contributed by atoms with Crippen LogP contribution in [0.1, 0.15) is 103 Å². The molecule has 9 rings (SSSR count). The van der Waals surface area contributed by atoms with Crippen molar-refractivity contribution in [1.29, 1.82) is 0 Å². The molecule has 9 fully saturated rings. The van der Waals surface area contributed by atoms with Crippen molar-refractivity contribution in [2.75, 3.05) is 0 Å². The Balaban J connectivity index is 0.00000256. The van der Waals surface area contributed by atoms with E-state index in [1.807, 2.05) is 0 Å². The van der Waals surface area contributed by atoms with E-state index >= 15 is 0 Å². The van der Waals surface area contributed by atoms with E-state index in [0.29, 0.717) is 49.3 Å². The van der Waals surface area contributed by atoms with Crippen molar-refractivity contribution in [3.05, 3.63) is 0 Å². The topological polar surface area (TPSA) is 96.2 Å². The predicted octanol–water partition coefficient (Wildman–Crippen LogP) is 2.60. The van der Waals surface area contributed by atoms with Gasteiger partial charge < -0.3 is 0 Å². The molecule has 8 nitrogen and oxygen atoms in total. The van der Waals surface area contributed by atoms with Crippen LogP contribution in [0.5, 0.6) is 0 Å². The van der Waals surface area contributed by atoms with Gasteiger partial charge in [-0.2, -0.15) is 0 Å². The molecule has 8 unspecified atom stereocenters. The summed E-state index contributed by atoms with van der Waals surface area (Å²) in [4.78, 5) is 0. The van der Waals surface area contributed by atoms with Gasteiger partial charge in [-0.15, -0.1) is 0 Å². The third-order valence-electron chi connectivity index (χ3n) is 13.8. The van der Waals surface area contributed by atoms with Crippen LogP contribution < -0.4 is 42.5 Å². The fraction of sp³-hybridized carbons (Fsp3) is 1.00. The van der Waals surface area contributed by atoms with Crippen molar-refractivity contribution in [2.45, 2.75) is 152 Å². The summed E-state index contributed by atoms with van der Waals surface area (Å²) in [5, 5.41) is 33.8.